The number of methoxy groups -OCH3 is 1. The fourth-order valence-electron chi connectivity index (χ4n) is 1.11. The van der Waals surface area contributed by atoms with E-state index in [2.05, 4.69) is 0 Å². The van der Waals surface area contributed by atoms with E-state index in [-0.39, 0.29) is 18.5 Å². The van der Waals surface area contributed by atoms with Gasteiger partial charge in [0, 0.05) is 13.5 Å². The van der Waals surface area contributed by atoms with Gasteiger partial charge in [-0.15, -0.1) is 0 Å². The fraction of sp³-hybridized carbons (Fsp3) is 1.00. The number of rotatable bonds is 1. The van der Waals surface area contributed by atoms with Crippen LogP contribution in [0.1, 0.15) is 19.8 Å². The second-order valence-electron chi connectivity index (χ2n) is 2.65. The molecule has 1 saturated heterocycles. The zero-order valence-corrected chi connectivity index (χ0v) is 6.41. The maximum atomic E-state index is 9.21. The molecule has 1 aliphatic rings. The van der Waals surface area contributed by atoms with Crippen LogP contribution in [0.5, 0.6) is 0 Å². The third-order valence-electron chi connectivity index (χ3n) is 1.87. The predicted molar refractivity (Wildman–Crippen MR) is 36.6 cm³/mol. The van der Waals surface area contributed by atoms with Gasteiger partial charge in [-0.1, -0.05) is 0 Å². The van der Waals surface area contributed by atoms with Crippen LogP contribution >= 0.6 is 0 Å². The van der Waals surface area contributed by atoms with E-state index in [9.17, 15) is 5.11 Å². The van der Waals surface area contributed by atoms with Gasteiger partial charge in [-0.3, -0.25) is 0 Å². The van der Waals surface area contributed by atoms with E-state index in [4.69, 9.17) is 9.47 Å². The first-order valence-electron chi connectivity index (χ1n) is 3.60. The molecule has 60 valence electrons. The number of aliphatic hydroxyl groups excluding tert-OH is 1. The molecule has 3 heteroatoms. The van der Waals surface area contributed by atoms with E-state index in [1.807, 2.05) is 6.92 Å². The molecule has 0 aromatic rings. The minimum absolute atomic E-state index is 0.0845. The standard InChI is InChI=1S/C7H14O3/c1-5-6(8)3-4-7(9-2)10-5/h5-8H,3-4H2,1-2H3/t5-,6+,7-/m1/s1. The average molecular weight is 146 g/mol. The van der Waals surface area contributed by atoms with Crippen molar-refractivity contribution in [2.75, 3.05) is 7.11 Å². The lowest BCUT2D eigenvalue weighted by atomic mass is 10.1. The summed E-state index contributed by atoms with van der Waals surface area (Å²) in [7, 11) is 1.62. The molecular formula is C7H14O3. The molecule has 1 N–H and O–H groups in total. The van der Waals surface area contributed by atoms with Gasteiger partial charge in [-0.25, -0.2) is 0 Å². The second-order valence-corrected chi connectivity index (χ2v) is 2.65. The molecule has 0 bridgehead atoms. The van der Waals surface area contributed by atoms with Crippen LogP contribution in [0.4, 0.5) is 0 Å². The van der Waals surface area contributed by atoms with Crippen molar-refractivity contribution >= 4 is 0 Å². The quantitative estimate of drug-likeness (QED) is 0.586. The van der Waals surface area contributed by atoms with Crippen LogP contribution in [0.25, 0.3) is 0 Å². The van der Waals surface area contributed by atoms with Gasteiger partial charge < -0.3 is 14.6 Å². The maximum Gasteiger partial charge on any atom is 0.157 e. The Hall–Kier alpha value is -0.120. The highest BCUT2D eigenvalue weighted by atomic mass is 16.7. The van der Waals surface area contributed by atoms with Crippen molar-refractivity contribution in [3.8, 4) is 0 Å². The molecule has 3 nitrogen and oxygen atoms in total. The van der Waals surface area contributed by atoms with Gasteiger partial charge in [0.05, 0.1) is 12.2 Å². The smallest absolute Gasteiger partial charge is 0.157 e. The summed E-state index contributed by atoms with van der Waals surface area (Å²) in [4.78, 5) is 0. The number of ether oxygens (including phenoxy) is 2. The molecule has 1 rings (SSSR count). The van der Waals surface area contributed by atoms with E-state index in [1.165, 1.54) is 0 Å². The third kappa shape index (κ3) is 1.68. The molecule has 0 saturated carbocycles. The van der Waals surface area contributed by atoms with E-state index in [1.54, 1.807) is 7.11 Å². The van der Waals surface area contributed by atoms with E-state index < -0.39 is 0 Å². The van der Waals surface area contributed by atoms with Crippen LogP contribution < -0.4 is 0 Å². The van der Waals surface area contributed by atoms with Crippen molar-refractivity contribution in [1.82, 2.24) is 0 Å². The zero-order valence-electron chi connectivity index (χ0n) is 6.41. The summed E-state index contributed by atoms with van der Waals surface area (Å²) in [6, 6.07) is 0. The topological polar surface area (TPSA) is 38.7 Å². The molecule has 3 atom stereocenters. The first kappa shape index (κ1) is 7.98. The van der Waals surface area contributed by atoms with Crippen molar-refractivity contribution in [1.29, 1.82) is 0 Å². The minimum atomic E-state index is -0.314. The van der Waals surface area contributed by atoms with Crippen molar-refractivity contribution in [2.45, 2.75) is 38.3 Å². The van der Waals surface area contributed by atoms with E-state index in [0.29, 0.717) is 0 Å². The zero-order chi connectivity index (χ0) is 7.56. The Bertz CT molecular complexity index is 105. The van der Waals surface area contributed by atoms with Gasteiger partial charge in [0.15, 0.2) is 6.29 Å². The Labute approximate surface area is 60.9 Å². The number of hydrogen-bond acceptors (Lipinski definition) is 3. The Morgan fingerprint density at radius 3 is 2.70 bits per heavy atom. The van der Waals surface area contributed by atoms with E-state index in [0.717, 1.165) is 12.8 Å². The fourth-order valence-corrected chi connectivity index (χ4v) is 1.11. The van der Waals surface area contributed by atoms with Crippen LogP contribution in [0, 0.1) is 0 Å². The molecule has 0 aromatic heterocycles. The van der Waals surface area contributed by atoms with Gasteiger partial charge in [-0.2, -0.15) is 0 Å². The molecule has 0 aromatic carbocycles. The van der Waals surface area contributed by atoms with Crippen LogP contribution in [0.3, 0.4) is 0 Å². The van der Waals surface area contributed by atoms with Gasteiger partial charge in [0.25, 0.3) is 0 Å². The van der Waals surface area contributed by atoms with Crippen LogP contribution in [0.15, 0.2) is 0 Å². The third-order valence-corrected chi connectivity index (χ3v) is 1.87. The Morgan fingerprint density at radius 2 is 2.20 bits per heavy atom. The highest BCUT2D eigenvalue weighted by molar-refractivity contribution is 4.70. The lowest BCUT2D eigenvalue weighted by molar-refractivity contribution is -0.206. The summed E-state index contributed by atoms with van der Waals surface area (Å²) < 4.78 is 10.3. The molecular weight excluding hydrogens is 132 g/mol. The SMILES string of the molecule is CO[C@H]1CC[C@H](O)[C@@H](C)O1. The molecule has 10 heavy (non-hydrogen) atoms. The Balaban J connectivity index is 2.33. The van der Waals surface area contributed by atoms with Crippen molar-refractivity contribution in [2.24, 2.45) is 0 Å². The number of hydrogen-bond donors (Lipinski definition) is 1. The Morgan fingerprint density at radius 1 is 1.50 bits per heavy atom. The second kappa shape index (κ2) is 3.32. The predicted octanol–water partition coefficient (Wildman–Crippen LogP) is 0.519. The lowest BCUT2D eigenvalue weighted by Gasteiger charge is -2.30. The highest BCUT2D eigenvalue weighted by Crippen LogP contribution is 2.19. The first-order chi connectivity index (χ1) is 4.74. The summed E-state index contributed by atoms with van der Waals surface area (Å²) in [6.45, 7) is 1.86. The van der Waals surface area contributed by atoms with Gasteiger partial charge >= 0.3 is 0 Å². The van der Waals surface area contributed by atoms with Gasteiger partial charge in [0.1, 0.15) is 0 Å². The largest absolute Gasteiger partial charge is 0.390 e. The molecule has 1 fully saturated rings. The van der Waals surface area contributed by atoms with E-state index >= 15 is 0 Å². The summed E-state index contributed by atoms with van der Waals surface area (Å²) in [5.74, 6) is 0. The summed E-state index contributed by atoms with van der Waals surface area (Å²) in [5, 5.41) is 9.21. The molecule has 1 heterocycles. The highest BCUT2D eigenvalue weighted by Gasteiger charge is 2.25. The van der Waals surface area contributed by atoms with Crippen molar-refractivity contribution in [3.63, 3.8) is 0 Å². The molecule has 0 amide bonds. The number of aliphatic hydroxyl groups is 1. The maximum absolute atomic E-state index is 9.21. The Kier molecular flexibility index (Phi) is 2.65. The van der Waals surface area contributed by atoms with Gasteiger partial charge in [-0.05, 0) is 13.3 Å². The van der Waals surface area contributed by atoms with Crippen LogP contribution in [-0.4, -0.2) is 30.7 Å². The average Bonchev–Trinajstić information content (AvgIpc) is 1.95. The van der Waals surface area contributed by atoms with Gasteiger partial charge in [0.2, 0.25) is 0 Å². The van der Waals surface area contributed by atoms with Crippen molar-refractivity contribution in [3.05, 3.63) is 0 Å². The summed E-state index contributed by atoms with van der Waals surface area (Å²) in [5.41, 5.74) is 0. The normalized spacial score (nSPS) is 41.7. The lowest BCUT2D eigenvalue weighted by Crippen LogP contribution is -2.37. The first-order valence-corrected chi connectivity index (χ1v) is 3.60. The molecule has 1 aliphatic heterocycles. The monoisotopic (exact) mass is 146 g/mol. The molecule has 0 unspecified atom stereocenters. The summed E-state index contributed by atoms with van der Waals surface area (Å²) >= 11 is 0. The molecule has 0 aliphatic carbocycles. The van der Waals surface area contributed by atoms with Crippen LogP contribution in [-0.2, 0) is 9.47 Å². The summed E-state index contributed by atoms with van der Waals surface area (Å²) in [6.07, 6.45) is 1.06. The van der Waals surface area contributed by atoms with Crippen molar-refractivity contribution < 1.29 is 14.6 Å². The molecule has 0 radical (unpaired) electrons. The minimum Gasteiger partial charge on any atom is -0.390 e. The van der Waals surface area contributed by atoms with Crippen LogP contribution in [0.2, 0.25) is 0 Å². The molecule has 0 spiro atoms.